The van der Waals surface area contributed by atoms with Crippen molar-refractivity contribution in [3.8, 4) is 11.4 Å². The van der Waals surface area contributed by atoms with Gasteiger partial charge in [-0.05, 0) is 13.0 Å². The molecule has 0 saturated carbocycles. The molecule has 0 atom stereocenters. The molecule has 1 aromatic heterocycles. The smallest absolute Gasteiger partial charge is 0.159 e. The van der Waals surface area contributed by atoms with Crippen LogP contribution in [0.5, 0.6) is 0 Å². The van der Waals surface area contributed by atoms with Gasteiger partial charge in [-0.2, -0.15) is 0 Å². The minimum atomic E-state index is 0.472. The van der Waals surface area contributed by atoms with E-state index in [2.05, 4.69) is 15.1 Å². The Morgan fingerprint density at radius 3 is 2.62 bits per heavy atom. The summed E-state index contributed by atoms with van der Waals surface area (Å²) in [5.41, 5.74) is 2.03. The van der Waals surface area contributed by atoms with Crippen LogP contribution in [-0.2, 0) is 0 Å². The van der Waals surface area contributed by atoms with Gasteiger partial charge >= 0.3 is 0 Å². The van der Waals surface area contributed by atoms with E-state index in [0.717, 1.165) is 5.56 Å². The standard InChI is InChI=1S/C12H11N3O/c1-9(15-16)11-7-8-13-12(14-11)10-5-3-2-4-6-10/h2-8,16H,1H3. The van der Waals surface area contributed by atoms with E-state index < -0.39 is 0 Å². The highest BCUT2D eigenvalue weighted by atomic mass is 16.4. The van der Waals surface area contributed by atoms with Crippen molar-refractivity contribution in [1.29, 1.82) is 0 Å². The third-order valence-corrected chi connectivity index (χ3v) is 2.21. The van der Waals surface area contributed by atoms with Gasteiger partial charge in [0.05, 0.1) is 5.69 Å². The molecule has 0 amide bonds. The fourth-order valence-corrected chi connectivity index (χ4v) is 1.34. The van der Waals surface area contributed by atoms with E-state index >= 15 is 0 Å². The molecule has 0 aliphatic heterocycles. The summed E-state index contributed by atoms with van der Waals surface area (Å²) in [6.45, 7) is 1.69. The molecular weight excluding hydrogens is 202 g/mol. The predicted molar refractivity (Wildman–Crippen MR) is 61.5 cm³/mol. The second-order valence-corrected chi connectivity index (χ2v) is 3.32. The fraction of sp³-hybridized carbons (Fsp3) is 0.0833. The first-order chi connectivity index (χ1) is 7.81. The largest absolute Gasteiger partial charge is 0.411 e. The van der Waals surface area contributed by atoms with Crippen LogP contribution in [0.1, 0.15) is 12.6 Å². The molecular formula is C12H11N3O. The van der Waals surface area contributed by atoms with Crippen molar-refractivity contribution in [2.24, 2.45) is 5.16 Å². The topological polar surface area (TPSA) is 58.4 Å². The monoisotopic (exact) mass is 213 g/mol. The molecule has 0 unspecified atom stereocenters. The predicted octanol–water partition coefficient (Wildman–Crippen LogP) is 2.34. The van der Waals surface area contributed by atoms with Gasteiger partial charge < -0.3 is 5.21 Å². The fourth-order valence-electron chi connectivity index (χ4n) is 1.34. The number of aromatic nitrogens is 2. The third-order valence-electron chi connectivity index (χ3n) is 2.21. The van der Waals surface area contributed by atoms with Crippen LogP contribution in [0.25, 0.3) is 11.4 Å². The second kappa shape index (κ2) is 4.53. The normalized spacial score (nSPS) is 11.4. The Kier molecular flexibility index (Phi) is 2.91. The van der Waals surface area contributed by atoms with Gasteiger partial charge in [-0.1, -0.05) is 35.5 Å². The van der Waals surface area contributed by atoms with Crippen molar-refractivity contribution < 1.29 is 5.21 Å². The highest BCUT2D eigenvalue weighted by Gasteiger charge is 2.04. The van der Waals surface area contributed by atoms with Gasteiger partial charge in [0.2, 0.25) is 0 Å². The Balaban J connectivity index is 2.44. The van der Waals surface area contributed by atoms with E-state index in [1.807, 2.05) is 30.3 Å². The Morgan fingerprint density at radius 1 is 1.19 bits per heavy atom. The van der Waals surface area contributed by atoms with Crippen LogP contribution >= 0.6 is 0 Å². The van der Waals surface area contributed by atoms with Crippen molar-refractivity contribution in [3.63, 3.8) is 0 Å². The van der Waals surface area contributed by atoms with Crippen molar-refractivity contribution in [3.05, 3.63) is 48.3 Å². The molecule has 1 N–H and O–H groups in total. The molecule has 2 rings (SSSR count). The molecule has 0 radical (unpaired) electrons. The molecule has 0 aliphatic carbocycles. The van der Waals surface area contributed by atoms with Gasteiger partial charge in [0.25, 0.3) is 0 Å². The summed E-state index contributed by atoms with van der Waals surface area (Å²) in [4.78, 5) is 8.49. The average Bonchev–Trinajstić information content (AvgIpc) is 2.39. The minimum Gasteiger partial charge on any atom is -0.411 e. The van der Waals surface area contributed by atoms with Crippen LogP contribution < -0.4 is 0 Å². The summed E-state index contributed by atoms with van der Waals surface area (Å²) >= 11 is 0. The quantitative estimate of drug-likeness (QED) is 0.473. The van der Waals surface area contributed by atoms with E-state index in [4.69, 9.17) is 5.21 Å². The summed E-state index contributed by atoms with van der Waals surface area (Å²) in [6, 6.07) is 11.4. The summed E-state index contributed by atoms with van der Waals surface area (Å²) in [5, 5.41) is 11.8. The highest BCUT2D eigenvalue weighted by molar-refractivity contribution is 5.96. The molecule has 0 fully saturated rings. The molecule has 4 nitrogen and oxygen atoms in total. The Bertz CT molecular complexity index is 509. The summed E-state index contributed by atoms with van der Waals surface area (Å²) in [6.07, 6.45) is 1.65. The Hall–Kier alpha value is -2.23. The van der Waals surface area contributed by atoms with Gasteiger partial charge in [-0.3, -0.25) is 0 Å². The number of rotatable bonds is 2. The second-order valence-electron chi connectivity index (χ2n) is 3.32. The minimum absolute atomic E-state index is 0.472. The van der Waals surface area contributed by atoms with E-state index in [9.17, 15) is 0 Å². The van der Waals surface area contributed by atoms with Crippen LogP contribution in [0.2, 0.25) is 0 Å². The molecule has 1 heterocycles. The van der Waals surface area contributed by atoms with Crippen LogP contribution in [-0.4, -0.2) is 20.9 Å². The van der Waals surface area contributed by atoms with Crippen LogP contribution in [0.3, 0.4) is 0 Å². The first-order valence-electron chi connectivity index (χ1n) is 4.89. The third kappa shape index (κ3) is 2.06. The number of oxime groups is 1. The van der Waals surface area contributed by atoms with E-state index in [-0.39, 0.29) is 0 Å². The lowest BCUT2D eigenvalue weighted by Gasteiger charge is -2.02. The number of nitrogens with zero attached hydrogens (tertiary/aromatic N) is 3. The van der Waals surface area contributed by atoms with Crippen molar-refractivity contribution in [2.45, 2.75) is 6.92 Å². The van der Waals surface area contributed by atoms with Crippen LogP contribution in [0.4, 0.5) is 0 Å². The first-order valence-corrected chi connectivity index (χ1v) is 4.89. The lowest BCUT2D eigenvalue weighted by molar-refractivity contribution is 0.319. The van der Waals surface area contributed by atoms with Gasteiger partial charge in [0.1, 0.15) is 5.71 Å². The van der Waals surface area contributed by atoms with Gasteiger partial charge in [-0.25, -0.2) is 9.97 Å². The number of benzene rings is 1. The van der Waals surface area contributed by atoms with Crippen molar-refractivity contribution in [1.82, 2.24) is 9.97 Å². The van der Waals surface area contributed by atoms with Crippen LogP contribution in [0, 0.1) is 0 Å². The highest BCUT2D eigenvalue weighted by Crippen LogP contribution is 2.13. The molecule has 0 saturated heterocycles. The van der Waals surface area contributed by atoms with Gasteiger partial charge in [-0.15, -0.1) is 0 Å². The molecule has 4 heteroatoms. The summed E-state index contributed by atoms with van der Waals surface area (Å²) in [5.74, 6) is 0.626. The molecule has 1 aromatic carbocycles. The molecule has 0 bridgehead atoms. The Labute approximate surface area is 93.3 Å². The number of hydrogen-bond acceptors (Lipinski definition) is 4. The van der Waals surface area contributed by atoms with Crippen molar-refractivity contribution >= 4 is 5.71 Å². The molecule has 2 aromatic rings. The Morgan fingerprint density at radius 2 is 1.94 bits per heavy atom. The maximum absolute atomic E-state index is 8.68. The van der Waals surface area contributed by atoms with E-state index in [1.54, 1.807) is 19.2 Å². The maximum Gasteiger partial charge on any atom is 0.159 e. The lowest BCUT2D eigenvalue weighted by Crippen LogP contribution is -2.00. The van der Waals surface area contributed by atoms with E-state index in [1.165, 1.54) is 0 Å². The average molecular weight is 213 g/mol. The summed E-state index contributed by atoms with van der Waals surface area (Å²) in [7, 11) is 0. The molecule has 80 valence electrons. The molecule has 0 aliphatic rings. The zero-order chi connectivity index (χ0) is 11.4. The molecule has 16 heavy (non-hydrogen) atoms. The maximum atomic E-state index is 8.68. The zero-order valence-corrected chi connectivity index (χ0v) is 8.83. The SMILES string of the molecule is CC(=NO)c1ccnc(-c2ccccc2)n1. The van der Waals surface area contributed by atoms with E-state index in [0.29, 0.717) is 17.2 Å². The van der Waals surface area contributed by atoms with Crippen LogP contribution in [0.15, 0.2) is 47.8 Å². The van der Waals surface area contributed by atoms with Gasteiger partial charge in [0.15, 0.2) is 5.82 Å². The lowest BCUT2D eigenvalue weighted by atomic mass is 10.2. The summed E-state index contributed by atoms with van der Waals surface area (Å²) < 4.78 is 0. The van der Waals surface area contributed by atoms with Crippen molar-refractivity contribution in [2.75, 3.05) is 0 Å². The van der Waals surface area contributed by atoms with Gasteiger partial charge in [0, 0.05) is 11.8 Å². The first kappa shape index (κ1) is 10.3. The zero-order valence-electron chi connectivity index (χ0n) is 8.83. The molecule has 0 spiro atoms. The number of hydrogen-bond donors (Lipinski definition) is 1.